The Morgan fingerprint density at radius 1 is 1.29 bits per heavy atom. The molecule has 3 rings (SSSR count). The van der Waals surface area contributed by atoms with Crippen LogP contribution in [0.3, 0.4) is 0 Å². The minimum atomic E-state index is -0.321. The average molecular weight is 480 g/mol. The first-order valence-corrected chi connectivity index (χ1v) is 8.55. The molecule has 21 heavy (non-hydrogen) atoms. The molecule has 0 amide bonds. The molecule has 0 aliphatic heterocycles. The third-order valence-electron chi connectivity index (χ3n) is 3.15. The number of hydrogen-bond acceptors (Lipinski definition) is 1. The van der Waals surface area contributed by atoms with Gasteiger partial charge >= 0.3 is 0 Å². The largest absolute Gasteiger partial charge is 0.292 e. The van der Waals surface area contributed by atoms with Gasteiger partial charge in [-0.3, -0.25) is 4.57 Å². The second-order valence-corrected chi connectivity index (χ2v) is 7.47. The van der Waals surface area contributed by atoms with Crippen molar-refractivity contribution in [2.24, 2.45) is 0 Å². The lowest BCUT2D eigenvalue weighted by atomic mass is 10.2. The summed E-state index contributed by atoms with van der Waals surface area (Å²) in [5.41, 5.74) is 2.11. The van der Waals surface area contributed by atoms with Gasteiger partial charge in [-0.25, -0.2) is 9.37 Å². The number of hydrogen-bond donors (Lipinski definition) is 0. The highest BCUT2D eigenvalue weighted by Gasteiger charge is 2.18. The quantitative estimate of drug-likeness (QED) is 0.334. The van der Waals surface area contributed by atoms with Crippen molar-refractivity contribution in [1.29, 1.82) is 0 Å². The van der Waals surface area contributed by atoms with Gasteiger partial charge in [-0.1, -0.05) is 15.9 Å². The van der Waals surface area contributed by atoms with Crippen molar-refractivity contribution in [1.82, 2.24) is 9.55 Å². The summed E-state index contributed by atoms with van der Waals surface area (Å²) in [6.45, 7) is 1.83. The Morgan fingerprint density at radius 3 is 2.71 bits per heavy atom. The fraction of sp³-hybridized carbons (Fsp3) is 0.133. The van der Waals surface area contributed by atoms with Crippen molar-refractivity contribution in [3.05, 3.63) is 56.1 Å². The number of nitrogens with zero attached hydrogens (tertiary/aromatic N) is 2. The van der Waals surface area contributed by atoms with Crippen LogP contribution < -0.4 is 0 Å². The number of rotatable bonds is 2. The van der Waals surface area contributed by atoms with E-state index in [-0.39, 0.29) is 11.2 Å². The maximum absolute atomic E-state index is 14.3. The molecule has 1 unspecified atom stereocenters. The topological polar surface area (TPSA) is 17.8 Å². The van der Waals surface area contributed by atoms with Crippen LogP contribution in [-0.2, 0) is 0 Å². The Hall–Kier alpha value is -0.660. The van der Waals surface area contributed by atoms with Crippen LogP contribution in [0.1, 0.15) is 18.1 Å². The Kier molecular flexibility index (Phi) is 4.25. The van der Waals surface area contributed by atoms with Gasteiger partial charge in [-0.15, -0.1) is 11.6 Å². The summed E-state index contributed by atoms with van der Waals surface area (Å²) in [7, 11) is 0. The van der Waals surface area contributed by atoms with Gasteiger partial charge in [0.2, 0.25) is 0 Å². The van der Waals surface area contributed by atoms with E-state index in [1.165, 1.54) is 6.07 Å². The van der Waals surface area contributed by atoms with Gasteiger partial charge in [0.25, 0.3) is 0 Å². The first-order valence-electron chi connectivity index (χ1n) is 6.25. The van der Waals surface area contributed by atoms with E-state index < -0.39 is 0 Å². The molecule has 0 saturated carbocycles. The molecule has 0 N–H and O–H groups in total. The summed E-state index contributed by atoms with van der Waals surface area (Å²) in [6.07, 6.45) is 0. The predicted molar refractivity (Wildman–Crippen MR) is 95.7 cm³/mol. The van der Waals surface area contributed by atoms with Crippen LogP contribution >= 0.6 is 50.1 Å². The summed E-state index contributed by atoms with van der Waals surface area (Å²) >= 11 is 11.7. The van der Waals surface area contributed by atoms with Crippen LogP contribution in [0.15, 0.2) is 40.9 Å². The summed E-state index contributed by atoms with van der Waals surface area (Å²) in [5.74, 6) is 0.315. The van der Waals surface area contributed by atoms with Gasteiger partial charge in [-0.05, 0) is 65.9 Å². The molecule has 6 heteroatoms. The van der Waals surface area contributed by atoms with Gasteiger partial charge in [0.05, 0.1) is 22.1 Å². The lowest BCUT2D eigenvalue weighted by Crippen LogP contribution is -2.04. The zero-order valence-electron chi connectivity index (χ0n) is 10.9. The molecule has 0 saturated heterocycles. The van der Waals surface area contributed by atoms with Gasteiger partial charge < -0.3 is 0 Å². The summed E-state index contributed by atoms with van der Waals surface area (Å²) < 4.78 is 17.9. The average Bonchev–Trinajstić information content (AvgIpc) is 2.77. The molecule has 1 atom stereocenters. The minimum Gasteiger partial charge on any atom is -0.292 e. The second kappa shape index (κ2) is 5.85. The molecule has 0 spiro atoms. The maximum atomic E-state index is 14.3. The Balaban J connectivity index is 2.36. The van der Waals surface area contributed by atoms with Crippen LogP contribution in [0.2, 0.25) is 0 Å². The van der Waals surface area contributed by atoms with Crippen LogP contribution in [0.4, 0.5) is 4.39 Å². The minimum absolute atomic E-state index is 0.319. The van der Waals surface area contributed by atoms with Crippen molar-refractivity contribution in [2.75, 3.05) is 0 Å². The van der Waals surface area contributed by atoms with E-state index in [4.69, 9.17) is 11.6 Å². The number of aromatic nitrogens is 2. The van der Waals surface area contributed by atoms with Crippen LogP contribution in [0.5, 0.6) is 0 Å². The molecular formula is C15H10BrClFIN2. The second-order valence-electron chi connectivity index (χ2n) is 4.65. The van der Waals surface area contributed by atoms with E-state index in [1.807, 2.05) is 25.1 Å². The van der Waals surface area contributed by atoms with Crippen molar-refractivity contribution in [3.8, 4) is 5.69 Å². The highest BCUT2D eigenvalue weighted by Crippen LogP contribution is 2.30. The third-order valence-corrected chi connectivity index (χ3v) is 4.51. The number of halogens is 4. The fourth-order valence-electron chi connectivity index (χ4n) is 2.25. The molecule has 0 fully saturated rings. The van der Waals surface area contributed by atoms with Gasteiger partial charge in [0, 0.05) is 8.04 Å². The molecule has 3 aromatic rings. The number of imidazole rings is 1. The molecule has 2 nitrogen and oxygen atoms in total. The number of alkyl halides is 1. The first kappa shape index (κ1) is 15.2. The standard InChI is InChI=1S/C15H10BrClFIN2/c1-8(17)15-20-12-7-10(19)3-5-14(12)21(15)13-4-2-9(16)6-11(13)18/h2-8H,1H3. The van der Waals surface area contributed by atoms with E-state index in [9.17, 15) is 4.39 Å². The summed E-state index contributed by atoms with van der Waals surface area (Å²) in [4.78, 5) is 4.56. The zero-order chi connectivity index (χ0) is 15.1. The maximum Gasteiger partial charge on any atom is 0.148 e. The number of fused-ring (bicyclic) bond motifs is 1. The van der Waals surface area contributed by atoms with Crippen LogP contribution in [0, 0.1) is 9.39 Å². The molecule has 0 bridgehead atoms. The molecule has 0 radical (unpaired) electrons. The lowest BCUT2D eigenvalue weighted by molar-refractivity contribution is 0.615. The monoisotopic (exact) mass is 478 g/mol. The number of benzene rings is 2. The lowest BCUT2D eigenvalue weighted by Gasteiger charge is -2.11. The van der Waals surface area contributed by atoms with Crippen molar-refractivity contribution >= 4 is 61.2 Å². The van der Waals surface area contributed by atoms with Crippen LogP contribution in [-0.4, -0.2) is 9.55 Å². The highest BCUT2D eigenvalue weighted by atomic mass is 127. The predicted octanol–water partition coefficient (Wildman–Crippen LogP) is 5.83. The van der Waals surface area contributed by atoms with Crippen molar-refractivity contribution < 1.29 is 4.39 Å². The summed E-state index contributed by atoms with van der Waals surface area (Å²) in [5, 5.41) is -0.321. The van der Waals surface area contributed by atoms with Gasteiger partial charge in [0.1, 0.15) is 11.6 Å². The molecule has 108 valence electrons. The van der Waals surface area contributed by atoms with Crippen LogP contribution in [0.25, 0.3) is 16.7 Å². The van der Waals surface area contributed by atoms with Gasteiger partial charge in [0.15, 0.2) is 0 Å². The Morgan fingerprint density at radius 2 is 2.05 bits per heavy atom. The fourth-order valence-corrected chi connectivity index (χ4v) is 3.21. The van der Waals surface area contributed by atoms with Crippen molar-refractivity contribution in [2.45, 2.75) is 12.3 Å². The third kappa shape index (κ3) is 2.83. The highest BCUT2D eigenvalue weighted by molar-refractivity contribution is 14.1. The van der Waals surface area contributed by atoms with E-state index in [0.29, 0.717) is 16.0 Å². The van der Waals surface area contributed by atoms with Gasteiger partial charge in [-0.2, -0.15) is 0 Å². The van der Waals surface area contributed by atoms with E-state index >= 15 is 0 Å². The molecule has 1 heterocycles. The molecule has 1 aromatic heterocycles. The smallest absolute Gasteiger partial charge is 0.148 e. The molecule has 0 aliphatic rings. The van der Waals surface area contributed by atoms with Crippen molar-refractivity contribution in [3.63, 3.8) is 0 Å². The molecule has 0 aliphatic carbocycles. The Bertz CT molecular complexity index is 832. The van der Waals surface area contributed by atoms with E-state index in [0.717, 1.165) is 14.6 Å². The normalized spacial score (nSPS) is 12.8. The zero-order valence-corrected chi connectivity index (χ0v) is 15.4. The summed E-state index contributed by atoms with van der Waals surface area (Å²) in [6, 6.07) is 10.8. The first-order chi connectivity index (χ1) is 9.97. The molecule has 2 aromatic carbocycles. The SMILES string of the molecule is CC(Cl)c1nc2cc(I)ccc2n1-c1ccc(Br)cc1F. The Labute approximate surface area is 148 Å². The van der Waals surface area contributed by atoms with E-state index in [2.05, 4.69) is 43.5 Å². The van der Waals surface area contributed by atoms with E-state index in [1.54, 1.807) is 16.7 Å². The molecular weight excluding hydrogens is 469 g/mol.